The van der Waals surface area contributed by atoms with Gasteiger partial charge in [0.25, 0.3) is 0 Å². The van der Waals surface area contributed by atoms with Crippen molar-refractivity contribution in [1.82, 2.24) is 0 Å². The molecule has 3 aromatic rings. The number of ether oxygens (including phenoxy) is 2. The second kappa shape index (κ2) is 15.2. The van der Waals surface area contributed by atoms with Gasteiger partial charge in [-0.1, -0.05) is 37.1 Å². The number of hydrogen-bond acceptors (Lipinski definition) is 2. The van der Waals surface area contributed by atoms with E-state index < -0.39 is 52.3 Å². The van der Waals surface area contributed by atoms with Crippen molar-refractivity contribution in [3.8, 4) is 22.6 Å². The van der Waals surface area contributed by atoms with Crippen molar-refractivity contribution < 1.29 is 40.2 Å². The van der Waals surface area contributed by atoms with Crippen LogP contribution in [0.25, 0.3) is 11.1 Å². The zero-order valence-corrected chi connectivity index (χ0v) is 26.7. The average Bonchev–Trinajstić information content (AvgIpc) is 3.02. The van der Waals surface area contributed by atoms with Gasteiger partial charge in [0.2, 0.25) is 0 Å². The molecule has 5 rings (SSSR count). The molecule has 0 atom stereocenters. The lowest BCUT2D eigenvalue weighted by atomic mass is 9.68. The molecule has 0 bridgehead atoms. The van der Waals surface area contributed by atoms with Crippen LogP contribution in [0.2, 0.25) is 0 Å². The minimum Gasteiger partial charge on any atom is -0.488 e. The van der Waals surface area contributed by atoms with Crippen LogP contribution in [0, 0.1) is 46.8 Å². The third kappa shape index (κ3) is 8.15. The van der Waals surface area contributed by atoms with Crippen LogP contribution in [0.15, 0.2) is 54.6 Å². The van der Waals surface area contributed by atoms with Crippen molar-refractivity contribution in [2.45, 2.75) is 90.1 Å². The molecule has 2 aliphatic rings. The molecule has 2 fully saturated rings. The van der Waals surface area contributed by atoms with E-state index in [0.29, 0.717) is 30.2 Å². The molecule has 0 amide bonds. The highest BCUT2D eigenvalue weighted by molar-refractivity contribution is 5.65. The lowest BCUT2D eigenvalue weighted by Gasteiger charge is -2.38. The highest BCUT2D eigenvalue weighted by Gasteiger charge is 2.42. The number of hydrogen-bond donors (Lipinski definition) is 0. The number of allylic oxidation sites excluding steroid dienone is 2. The van der Waals surface area contributed by atoms with E-state index in [1.54, 1.807) is 6.07 Å². The molecule has 2 aliphatic carbocycles. The summed E-state index contributed by atoms with van der Waals surface area (Å²) in [7, 11) is 0. The molecule has 0 N–H and O–H groups in total. The fourth-order valence-corrected chi connectivity index (χ4v) is 7.47. The zero-order chi connectivity index (χ0) is 33.7. The second-order valence-electron chi connectivity index (χ2n) is 12.9. The first-order chi connectivity index (χ1) is 22.5. The van der Waals surface area contributed by atoms with Crippen molar-refractivity contribution in [1.29, 1.82) is 0 Å². The summed E-state index contributed by atoms with van der Waals surface area (Å²) in [6.07, 6.45) is 11.4. The molecule has 0 saturated heterocycles. The standard InChI is InChI=1S/C38H41F7O2/c1-3-5-6-7-23-8-10-24(11-9-23)25-12-14-26(15-13-25)27-16-17-30(31(39)18-27)28-19-32(40)36(33(41)20-28)38(44,45)47-29-21-34(42)37(46-4-2)35(43)22-29/h3,5,16-26H,4,6-15H2,1-2H3. The third-order valence-electron chi connectivity index (χ3n) is 9.92. The summed E-state index contributed by atoms with van der Waals surface area (Å²) in [5.41, 5.74) is -1.37. The Kier molecular flexibility index (Phi) is 11.2. The minimum absolute atomic E-state index is 0.0873. The van der Waals surface area contributed by atoms with Gasteiger partial charge in [-0.25, -0.2) is 22.0 Å². The number of halogens is 7. The number of rotatable bonds is 11. The molecule has 9 heteroatoms. The monoisotopic (exact) mass is 662 g/mol. The third-order valence-corrected chi connectivity index (χ3v) is 9.92. The Hall–Kier alpha value is -3.49. The van der Waals surface area contributed by atoms with Crippen molar-refractivity contribution in [3.05, 3.63) is 94.8 Å². The van der Waals surface area contributed by atoms with E-state index in [1.807, 2.05) is 0 Å². The maximum absolute atomic E-state index is 15.4. The molecule has 0 radical (unpaired) electrons. The molecule has 2 nitrogen and oxygen atoms in total. The summed E-state index contributed by atoms with van der Waals surface area (Å²) in [5.74, 6) is -6.13. The first-order valence-electron chi connectivity index (χ1n) is 16.6. The molecule has 0 aromatic heterocycles. The Labute approximate surface area is 272 Å². The average molecular weight is 663 g/mol. The summed E-state index contributed by atoms with van der Waals surface area (Å²) in [4.78, 5) is 0. The maximum Gasteiger partial charge on any atom is 0.432 e. The van der Waals surface area contributed by atoms with Crippen LogP contribution in [0.1, 0.15) is 95.1 Å². The van der Waals surface area contributed by atoms with Crippen molar-refractivity contribution in [3.63, 3.8) is 0 Å². The Morgan fingerprint density at radius 1 is 0.745 bits per heavy atom. The Morgan fingerprint density at radius 3 is 1.89 bits per heavy atom. The van der Waals surface area contributed by atoms with E-state index in [4.69, 9.17) is 4.74 Å². The summed E-state index contributed by atoms with van der Waals surface area (Å²) >= 11 is 0. The smallest absolute Gasteiger partial charge is 0.432 e. The molecule has 254 valence electrons. The van der Waals surface area contributed by atoms with Gasteiger partial charge >= 0.3 is 6.11 Å². The number of benzene rings is 3. The first kappa shape index (κ1) is 34.8. The molecule has 0 spiro atoms. The minimum atomic E-state index is -4.65. The lowest BCUT2D eigenvalue weighted by Crippen LogP contribution is -2.25. The van der Waals surface area contributed by atoms with E-state index in [9.17, 15) is 17.6 Å². The van der Waals surface area contributed by atoms with Gasteiger partial charge in [-0.3, -0.25) is 0 Å². The summed E-state index contributed by atoms with van der Waals surface area (Å²) in [6.45, 7) is 3.44. The van der Waals surface area contributed by atoms with E-state index in [2.05, 4.69) is 23.8 Å². The van der Waals surface area contributed by atoms with Gasteiger partial charge in [0.05, 0.1) is 6.61 Å². The second-order valence-corrected chi connectivity index (χ2v) is 12.9. The van der Waals surface area contributed by atoms with E-state index in [0.717, 1.165) is 49.5 Å². The fourth-order valence-electron chi connectivity index (χ4n) is 7.47. The molecule has 0 aliphatic heterocycles. The predicted octanol–water partition coefficient (Wildman–Crippen LogP) is 12.0. The topological polar surface area (TPSA) is 18.5 Å². The number of alkyl halides is 2. The maximum atomic E-state index is 15.4. The van der Waals surface area contributed by atoms with Crippen molar-refractivity contribution >= 4 is 0 Å². The van der Waals surface area contributed by atoms with Crippen LogP contribution < -0.4 is 9.47 Å². The highest BCUT2D eigenvalue weighted by Crippen LogP contribution is 2.45. The van der Waals surface area contributed by atoms with Crippen LogP contribution in [0.5, 0.6) is 11.5 Å². The molecule has 0 unspecified atom stereocenters. The Morgan fingerprint density at radius 2 is 1.34 bits per heavy atom. The van der Waals surface area contributed by atoms with Crippen molar-refractivity contribution in [2.24, 2.45) is 17.8 Å². The van der Waals surface area contributed by atoms with Crippen LogP contribution in [0.4, 0.5) is 30.7 Å². The summed E-state index contributed by atoms with van der Waals surface area (Å²) in [5, 5.41) is 0. The van der Waals surface area contributed by atoms with E-state index in [-0.39, 0.29) is 23.7 Å². The SMILES string of the molecule is CC=CCCC1CCC(C2CCC(c3ccc(-c4cc(F)c(C(F)(F)Oc5cc(F)c(OCC)c(F)c5)c(F)c4)c(F)c3)CC2)CC1. The van der Waals surface area contributed by atoms with Crippen LogP contribution in [-0.2, 0) is 6.11 Å². The van der Waals surface area contributed by atoms with Gasteiger partial charge in [-0.15, -0.1) is 0 Å². The lowest BCUT2D eigenvalue weighted by molar-refractivity contribution is -0.189. The van der Waals surface area contributed by atoms with Crippen LogP contribution >= 0.6 is 0 Å². The van der Waals surface area contributed by atoms with Gasteiger partial charge < -0.3 is 9.47 Å². The molecular formula is C38H41F7O2. The van der Waals surface area contributed by atoms with Gasteiger partial charge in [-0.2, -0.15) is 8.78 Å². The van der Waals surface area contributed by atoms with E-state index >= 15 is 13.2 Å². The quantitative estimate of drug-likeness (QED) is 0.150. The van der Waals surface area contributed by atoms with Gasteiger partial charge in [0.1, 0.15) is 28.8 Å². The fraction of sp³-hybridized carbons (Fsp3) is 0.474. The zero-order valence-electron chi connectivity index (χ0n) is 26.7. The van der Waals surface area contributed by atoms with Crippen LogP contribution in [0.3, 0.4) is 0 Å². The van der Waals surface area contributed by atoms with Crippen molar-refractivity contribution in [2.75, 3.05) is 6.61 Å². The summed E-state index contributed by atoms with van der Waals surface area (Å²) < 4.78 is 113. The normalized spacial score (nSPS) is 22.1. The largest absolute Gasteiger partial charge is 0.488 e. The van der Waals surface area contributed by atoms with Gasteiger partial charge in [0.15, 0.2) is 17.4 Å². The predicted molar refractivity (Wildman–Crippen MR) is 168 cm³/mol. The molecule has 2 saturated carbocycles. The van der Waals surface area contributed by atoms with E-state index in [1.165, 1.54) is 51.2 Å². The first-order valence-corrected chi connectivity index (χ1v) is 16.6. The molecule has 0 heterocycles. The molecular weight excluding hydrogens is 621 g/mol. The molecule has 3 aromatic carbocycles. The van der Waals surface area contributed by atoms with Gasteiger partial charge in [0, 0.05) is 17.7 Å². The molecule has 47 heavy (non-hydrogen) atoms. The Balaban J connectivity index is 1.23. The van der Waals surface area contributed by atoms with Gasteiger partial charge in [-0.05, 0) is 118 Å². The Bertz CT molecular complexity index is 1510. The summed E-state index contributed by atoms with van der Waals surface area (Å²) in [6, 6.07) is 6.55. The van der Waals surface area contributed by atoms with Crippen LogP contribution in [-0.4, -0.2) is 6.61 Å². The highest BCUT2D eigenvalue weighted by atomic mass is 19.3.